The molecule has 0 spiro atoms. The van der Waals surface area contributed by atoms with Crippen molar-refractivity contribution in [1.82, 2.24) is 5.32 Å². The average Bonchev–Trinajstić information content (AvgIpc) is 2.49. The van der Waals surface area contributed by atoms with Gasteiger partial charge in [-0.1, -0.05) is 50.6 Å². The number of nitrogens with zero attached hydrogens (tertiary/aromatic N) is 1. The number of hydrogen-bond acceptors (Lipinski definition) is 3. The summed E-state index contributed by atoms with van der Waals surface area (Å²) in [5.41, 5.74) is 1.06. The summed E-state index contributed by atoms with van der Waals surface area (Å²) in [5.74, 6) is -0.459. The second kappa shape index (κ2) is 10.6. The average molecular weight is 339 g/mol. The SMILES string of the molecule is C/C=C\C(=C/CC)NC(=O)c1c(C)ccc([N+](=O)[O-])c1Cl.CC. The molecule has 1 N–H and O–H groups in total. The first-order valence-corrected chi connectivity index (χ1v) is 7.87. The van der Waals surface area contributed by atoms with Gasteiger partial charge in [-0.05, 0) is 31.9 Å². The van der Waals surface area contributed by atoms with Gasteiger partial charge >= 0.3 is 0 Å². The third-order valence-electron chi connectivity index (χ3n) is 2.78. The molecule has 23 heavy (non-hydrogen) atoms. The lowest BCUT2D eigenvalue weighted by atomic mass is 10.1. The summed E-state index contributed by atoms with van der Waals surface area (Å²) in [6.07, 6.45) is 6.14. The van der Waals surface area contributed by atoms with Crippen LogP contribution in [0.1, 0.15) is 50.0 Å². The Bertz CT molecular complexity index is 623. The molecule has 1 amide bonds. The van der Waals surface area contributed by atoms with Gasteiger partial charge < -0.3 is 5.32 Å². The maximum atomic E-state index is 12.3. The van der Waals surface area contributed by atoms with Crippen molar-refractivity contribution in [3.05, 3.63) is 62.3 Å². The molecule has 0 saturated heterocycles. The molecule has 0 aliphatic rings. The van der Waals surface area contributed by atoms with E-state index in [1.54, 1.807) is 19.1 Å². The van der Waals surface area contributed by atoms with Crippen molar-refractivity contribution in [3.8, 4) is 0 Å². The van der Waals surface area contributed by atoms with E-state index in [0.717, 1.165) is 6.42 Å². The van der Waals surface area contributed by atoms with Crippen LogP contribution in [0, 0.1) is 17.0 Å². The van der Waals surface area contributed by atoms with E-state index in [-0.39, 0.29) is 16.3 Å². The van der Waals surface area contributed by atoms with E-state index in [1.807, 2.05) is 33.8 Å². The van der Waals surface area contributed by atoms with Crippen LogP contribution in [-0.2, 0) is 0 Å². The minimum Gasteiger partial charge on any atom is -0.322 e. The predicted octanol–water partition coefficient (Wildman–Crippen LogP) is 5.18. The minimum atomic E-state index is -0.604. The number of rotatable bonds is 5. The second-order valence-corrected chi connectivity index (χ2v) is 4.75. The summed E-state index contributed by atoms with van der Waals surface area (Å²) >= 11 is 6.00. The number of aryl methyl sites for hydroxylation is 1. The van der Waals surface area contributed by atoms with Crippen LogP contribution in [0.3, 0.4) is 0 Å². The molecule has 0 heterocycles. The molecular weight excluding hydrogens is 316 g/mol. The number of carbonyl (C=O) groups is 1. The van der Waals surface area contributed by atoms with Gasteiger partial charge in [0, 0.05) is 11.8 Å². The fraction of sp³-hybridized carbons (Fsp3) is 0.353. The van der Waals surface area contributed by atoms with Crippen molar-refractivity contribution < 1.29 is 9.72 Å². The highest BCUT2D eigenvalue weighted by Gasteiger charge is 2.22. The van der Waals surface area contributed by atoms with Crippen molar-refractivity contribution in [1.29, 1.82) is 0 Å². The van der Waals surface area contributed by atoms with Crippen molar-refractivity contribution >= 4 is 23.2 Å². The lowest BCUT2D eigenvalue weighted by Crippen LogP contribution is -2.23. The fourth-order valence-corrected chi connectivity index (χ4v) is 2.20. The largest absolute Gasteiger partial charge is 0.322 e. The molecule has 0 atom stereocenters. The van der Waals surface area contributed by atoms with Crippen LogP contribution >= 0.6 is 11.6 Å². The molecule has 0 bridgehead atoms. The zero-order valence-electron chi connectivity index (χ0n) is 14.1. The summed E-state index contributed by atoms with van der Waals surface area (Å²) in [5, 5.41) is 13.5. The van der Waals surface area contributed by atoms with Crippen LogP contribution < -0.4 is 5.32 Å². The topological polar surface area (TPSA) is 72.2 Å². The van der Waals surface area contributed by atoms with Gasteiger partial charge in [0.2, 0.25) is 0 Å². The van der Waals surface area contributed by atoms with E-state index in [0.29, 0.717) is 11.3 Å². The Morgan fingerprint density at radius 1 is 1.39 bits per heavy atom. The Morgan fingerprint density at radius 3 is 2.48 bits per heavy atom. The smallest absolute Gasteiger partial charge is 0.288 e. The molecule has 126 valence electrons. The maximum absolute atomic E-state index is 12.3. The highest BCUT2D eigenvalue weighted by molar-refractivity contribution is 6.36. The Kier molecular flexibility index (Phi) is 9.58. The molecule has 1 aromatic rings. The number of allylic oxidation sites excluding steroid dienone is 3. The van der Waals surface area contributed by atoms with Gasteiger partial charge in [0.15, 0.2) is 0 Å². The first-order chi connectivity index (χ1) is 10.9. The van der Waals surface area contributed by atoms with Gasteiger partial charge in [-0.3, -0.25) is 14.9 Å². The number of amides is 1. The molecular formula is C17H23ClN2O3. The molecule has 5 nitrogen and oxygen atoms in total. The summed E-state index contributed by atoms with van der Waals surface area (Å²) in [7, 11) is 0. The zero-order valence-corrected chi connectivity index (χ0v) is 14.9. The first-order valence-electron chi connectivity index (χ1n) is 7.50. The lowest BCUT2D eigenvalue weighted by molar-refractivity contribution is -0.384. The van der Waals surface area contributed by atoms with Gasteiger partial charge in [-0.25, -0.2) is 0 Å². The van der Waals surface area contributed by atoms with Crippen molar-refractivity contribution in [2.75, 3.05) is 0 Å². The second-order valence-electron chi connectivity index (χ2n) is 4.37. The highest BCUT2D eigenvalue weighted by atomic mass is 35.5. The summed E-state index contributed by atoms with van der Waals surface area (Å²) < 4.78 is 0. The lowest BCUT2D eigenvalue weighted by Gasteiger charge is -2.10. The van der Waals surface area contributed by atoms with Crippen LogP contribution in [0.2, 0.25) is 5.02 Å². The summed E-state index contributed by atoms with van der Waals surface area (Å²) in [4.78, 5) is 22.6. The number of nitrogens with one attached hydrogen (secondary N) is 1. The van der Waals surface area contributed by atoms with Crippen LogP contribution in [0.4, 0.5) is 5.69 Å². The maximum Gasteiger partial charge on any atom is 0.288 e. The Hall–Kier alpha value is -2.14. The van der Waals surface area contributed by atoms with E-state index in [1.165, 1.54) is 12.1 Å². The van der Waals surface area contributed by atoms with E-state index < -0.39 is 10.8 Å². The quantitative estimate of drug-likeness (QED) is 0.456. The van der Waals surface area contributed by atoms with Crippen LogP contribution in [0.15, 0.2) is 36.1 Å². The van der Waals surface area contributed by atoms with Gasteiger partial charge in [-0.2, -0.15) is 0 Å². The third-order valence-corrected chi connectivity index (χ3v) is 3.16. The van der Waals surface area contributed by atoms with E-state index in [2.05, 4.69) is 5.32 Å². The molecule has 0 fully saturated rings. The monoisotopic (exact) mass is 338 g/mol. The number of carbonyl (C=O) groups excluding carboxylic acids is 1. The van der Waals surface area contributed by atoms with Crippen LogP contribution in [-0.4, -0.2) is 10.8 Å². The van der Waals surface area contributed by atoms with Gasteiger partial charge in [0.25, 0.3) is 11.6 Å². The van der Waals surface area contributed by atoms with Crippen LogP contribution in [0.5, 0.6) is 0 Å². The number of halogens is 1. The predicted molar refractivity (Wildman–Crippen MR) is 94.8 cm³/mol. The molecule has 1 aromatic carbocycles. The highest BCUT2D eigenvalue weighted by Crippen LogP contribution is 2.30. The van der Waals surface area contributed by atoms with E-state index in [9.17, 15) is 14.9 Å². The van der Waals surface area contributed by atoms with E-state index in [4.69, 9.17) is 11.6 Å². The molecule has 6 heteroatoms. The first kappa shape index (κ1) is 20.9. The number of nitro groups is 1. The standard InChI is InChI=1S/C15H17ClN2O3.C2H6/c1-4-6-11(7-5-2)17-15(19)13-10(3)8-9-12(14(13)16)18(20)21;1-2/h4,6-9H,5H2,1-3H3,(H,17,19);1-2H3/b6-4-,11-7+;. The van der Waals surface area contributed by atoms with Gasteiger partial charge in [-0.15, -0.1) is 0 Å². The third kappa shape index (κ3) is 5.87. The number of hydrogen-bond donors (Lipinski definition) is 1. The molecule has 0 saturated carbocycles. The van der Waals surface area contributed by atoms with Crippen LogP contribution in [0.25, 0.3) is 0 Å². The summed E-state index contributed by atoms with van der Waals surface area (Å²) in [6.45, 7) is 9.46. The normalized spacial score (nSPS) is 11.0. The Labute approximate surface area is 142 Å². The molecule has 0 aliphatic heterocycles. The fourth-order valence-electron chi connectivity index (χ4n) is 1.84. The van der Waals surface area contributed by atoms with Crippen molar-refractivity contribution in [3.63, 3.8) is 0 Å². The number of benzene rings is 1. The number of nitro benzene ring substituents is 1. The minimum absolute atomic E-state index is 0.123. The zero-order chi connectivity index (χ0) is 18.0. The Balaban J connectivity index is 0.00000232. The van der Waals surface area contributed by atoms with Gasteiger partial charge in [0.1, 0.15) is 5.02 Å². The Morgan fingerprint density at radius 2 is 2.00 bits per heavy atom. The van der Waals surface area contributed by atoms with Gasteiger partial charge in [0.05, 0.1) is 10.5 Å². The van der Waals surface area contributed by atoms with Crippen molar-refractivity contribution in [2.24, 2.45) is 0 Å². The van der Waals surface area contributed by atoms with E-state index >= 15 is 0 Å². The summed E-state index contributed by atoms with van der Waals surface area (Å²) in [6, 6.07) is 2.81. The molecule has 0 radical (unpaired) electrons. The molecule has 0 aromatic heterocycles. The van der Waals surface area contributed by atoms with Crippen molar-refractivity contribution in [2.45, 2.75) is 41.0 Å². The molecule has 0 aliphatic carbocycles. The molecule has 0 unspecified atom stereocenters. The molecule has 1 rings (SSSR count).